The third kappa shape index (κ3) is 6.23. The number of carbonyl (C=O) groups excluding carboxylic acids is 1. The van der Waals surface area contributed by atoms with Crippen LogP contribution in [0.5, 0.6) is 0 Å². The van der Waals surface area contributed by atoms with E-state index in [0.29, 0.717) is 18.7 Å². The van der Waals surface area contributed by atoms with Gasteiger partial charge in [-0.3, -0.25) is 9.48 Å². The van der Waals surface area contributed by atoms with Crippen LogP contribution in [0.1, 0.15) is 35.3 Å². The summed E-state index contributed by atoms with van der Waals surface area (Å²) in [5, 5.41) is 7.18. The van der Waals surface area contributed by atoms with Gasteiger partial charge in [0.2, 0.25) is 10.0 Å². The monoisotopic (exact) mass is 488 g/mol. The molecule has 0 aliphatic rings. The number of aromatic nitrogens is 2. The summed E-state index contributed by atoms with van der Waals surface area (Å²) in [5.41, 5.74) is 4.64. The molecule has 1 heterocycles. The predicted molar refractivity (Wildman–Crippen MR) is 136 cm³/mol. The summed E-state index contributed by atoms with van der Waals surface area (Å²) in [5.74, 6) is -0.268. The van der Waals surface area contributed by atoms with E-state index < -0.39 is 10.0 Å². The van der Waals surface area contributed by atoms with Crippen LogP contribution in [0, 0.1) is 0 Å². The van der Waals surface area contributed by atoms with Gasteiger partial charge in [-0.15, -0.1) is 0 Å². The van der Waals surface area contributed by atoms with Crippen LogP contribution in [0.15, 0.2) is 96.2 Å². The summed E-state index contributed by atoms with van der Waals surface area (Å²) in [7, 11) is -3.60. The number of rotatable bonds is 9. The standard InChI is InChI=1S/C27H28N4O3S/c1-20(2)30-35(33,34)25-14-12-23(13-15-25)27(32)28-18-24-6-3-4-7-26(24)22-10-8-21(9-11-22)19-31-17-5-16-29-31/h3-17,20,30H,18-19H2,1-2H3,(H,28,32). The first-order chi connectivity index (χ1) is 16.8. The van der Waals surface area contributed by atoms with Gasteiger partial charge in [0.1, 0.15) is 0 Å². The van der Waals surface area contributed by atoms with Crippen molar-refractivity contribution in [2.75, 3.05) is 0 Å². The van der Waals surface area contributed by atoms with Crippen molar-refractivity contribution in [3.05, 3.63) is 108 Å². The molecule has 0 aliphatic carbocycles. The van der Waals surface area contributed by atoms with Crippen molar-refractivity contribution in [1.29, 1.82) is 0 Å². The fourth-order valence-electron chi connectivity index (χ4n) is 3.77. The van der Waals surface area contributed by atoms with E-state index in [1.165, 1.54) is 24.3 Å². The second-order valence-corrected chi connectivity index (χ2v) is 10.3. The van der Waals surface area contributed by atoms with Gasteiger partial charge < -0.3 is 5.32 Å². The highest BCUT2D eigenvalue weighted by Gasteiger charge is 2.16. The van der Waals surface area contributed by atoms with E-state index in [2.05, 4.69) is 39.4 Å². The average Bonchev–Trinajstić information content (AvgIpc) is 3.36. The Morgan fingerprint density at radius 1 is 0.943 bits per heavy atom. The zero-order chi connectivity index (χ0) is 24.8. The number of sulfonamides is 1. The first-order valence-electron chi connectivity index (χ1n) is 11.4. The predicted octanol–water partition coefficient (Wildman–Crippen LogP) is 4.22. The molecule has 0 saturated heterocycles. The van der Waals surface area contributed by atoms with E-state index in [1.807, 2.05) is 41.2 Å². The lowest BCUT2D eigenvalue weighted by Gasteiger charge is -2.12. The molecule has 0 saturated carbocycles. The van der Waals surface area contributed by atoms with Crippen LogP contribution in [0.3, 0.4) is 0 Å². The average molecular weight is 489 g/mol. The lowest BCUT2D eigenvalue weighted by atomic mass is 9.98. The van der Waals surface area contributed by atoms with Gasteiger partial charge in [-0.2, -0.15) is 5.10 Å². The van der Waals surface area contributed by atoms with Crippen molar-refractivity contribution in [2.45, 2.75) is 37.9 Å². The molecule has 0 spiro atoms. The largest absolute Gasteiger partial charge is 0.348 e. The Kier molecular flexibility index (Phi) is 7.43. The van der Waals surface area contributed by atoms with Gasteiger partial charge in [0.25, 0.3) is 5.91 Å². The van der Waals surface area contributed by atoms with E-state index in [4.69, 9.17) is 0 Å². The molecule has 2 N–H and O–H groups in total. The van der Waals surface area contributed by atoms with Gasteiger partial charge >= 0.3 is 0 Å². The van der Waals surface area contributed by atoms with Crippen molar-refractivity contribution >= 4 is 15.9 Å². The minimum Gasteiger partial charge on any atom is -0.348 e. The van der Waals surface area contributed by atoms with Gasteiger partial charge in [0.15, 0.2) is 0 Å². The van der Waals surface area contributed by atoms with Crippen LogP contribution in [0.2, 0.25) is 0 Å². The highest BCUT2D eigenvalue weighted by Crippen LogP contribution is 2.24. The van der Waals surface area contributed by atoms with E-state index in [1.54, 1.807) is 20.0 Å². The zero-order valence-electron chi connectivity index (χ0n) is 19.7. The maximum absolute atomic E-state index is 12.7. The molecule has 4 aromatic rings. The van der Waals surface area contributed by atoms with Gasteiger partial charge in [-0.25, -0.2) is 13.1 Å². The topological polar surface area (TPSA) is 93.1 Å². The van der Waals surface area contributed by atoms with E-state index in [-0.39, 0.29) is 16.8 Å². The highest BCUT2D eigenvalue weighted by molar-refractivity contribution is 7.89. The molecule has 35 heavy (non-hydrogen) atoms. The van der Waals surface area contributed by atoms with Crippen molar-refractivity contribution in [3.63, 3.8) is 0 Å². The van der Waals surface area contributed by atoms with Crippen LogP contribution in [-0.2, 0) is 23.1 Å². The fourth-order valence-corrected chi connectivity index (χ4v) is 5.02. The number of hydrogen-bond acceptors (Lipinski definition) is 4. The highest BCUT2D eigenvalue weighted by atomic mass is 32.2. The first-order valence-corrected chi connectivity index (χ1v) is 12.9. The smallest absolute Gasteiger partial charge is 0.251 e. The van der Waals surface area contributed by atoms with Crippen LogP contribution in [-0.4, -0.2) is 30.1 Å². The third-order valence-corrected chi connectivity index (χ3v) is 7.12. The summed E-state index contributed by atoms with van der Waals surface area (Å²) in [6, 6.07) is 23.9. The molecule has 0 aliphatic heterocycles. The molecule has 3 aromatic carbocycles. The Hall–Kier alpha value is -3.75. The Morgan fingerprint density at radius 2 is 1.66 bits per heavy atom. The Morgan fingerprint density at radius 3 is 2.31 bits per heavy atom. The van der Waals surface area contributed by atoms with Crippen molar-refractivity contribution < 1.29 is 13.2 Å². The molecule has 7 nitrogen and oxygen atoms in total. The van der Waals surface area contributed by atoms with Crippen molar-refractivity contribution in [3.8, 4) is 11.1 Å². The number of nitrogens with one attached hydrogen (secondary N) is 2. The summed E-state index contributed by atoms with van der Waals surface area (Å²) < 4.78 is 29.0. The van der Waals surface area contributed by atoms with Crippen molar-refractivity contribution in [1.82, 2.24) is 19.8 Å². The molecule has 1 amide bonds. The summed E-state index contributed by atoms with van der Waals surface area (Å²) >= 11 is 0. The Balaban J connectivity index is 1.43. The molecule has 8 heteroatoms. The molecular formula is C27H28N4O3S. The number of nitrogens with zero attached hydrogens (tertiary/aromatic N) is 2. The molecule has 4 rings (SSSR count). The summed E-state index contributed by atoms with van der Waals surface area (Å²) in [6.45, 7) is 4.57. The molecular weight excluding hydrogens is 460 g/mol. The number of benzene rings is 3. The van der Waals surface area contributed by atoms with E-state index >= 15 is 0 Å². The van der Waals surface area contributed by atoms with Gasteiger partial charge in [-0.05, 0) is 66.4 Å². The maximum Gasteiger partial charge on any atom is 0.251 e. The molecule has 1 aromatic heterocycles. The van der Waals surface area contributed by atoms with Crippen LogP contribution >= 0.6 is 0 Å². The van der Waals surface area contributed by atoms with E-state index in [9.17, 15) is 13.2 Å². The first kappa shape index (κ1) is 24.4. The molecule has 0 fully saturated rings. The van der Waals surface area contributed by atoms with Gasteiger partial charge in [0, 0.05) is 30.5 Å². The number of carbonyl (C=O) groups is 1. The fraction of sp³-hybridized carbons (Fsp3) is 0.185. The maximum atomic E-state index is 12.7. The van der Waals surface area contributed by atoms with Gasteiger partial charge in [0.05, 0.1) is 11.4 Å². The molecule has 0 unspecified atom stereocenters. The molecule has 0 atom stereocenters. The number of amides is 1. The van der Waals surface area contributed by atoms with Gasteiger partial charge in [-0.1, -0.05) is 48.5 Å². The van der Waals surface area contributed by atoms with Crippen LogP contribution < -0.4 is 10.0 Å². The summed E-state index contributed by atoms with van der Waals surface area (Å²) in [6.07, 6.45) is 3.69. The molecule has 180 valence electrons. The molecule has 0 bridgehead atoms. The van der Waals surface area contributed by atoms with Crippen LogP contribution in [0.4, 0.5) is 0 Å². The minimum absolute atomic E-state index is 0.129. The zero-order valence-corrected chi connectivity index (χ0v) is 20.5. The summed E-state index contributed by atoms with van der Waals surface area (Å²) in [4.78, 5) is 12.8. The van der Waals surface area contributed by atoms with E-state index in [0.717, 1.165) is 22.3 Å². The van der Waals surface area contributed by atoms with Crippen LogP contribution in [0.25, 0.3) is 11.1 Å². The molecule has 0 radical (unpaired) electrons. The normalized spacial score (nSPS) is 11.5. The second-order valence-electron chi connectivity index (χ2n) is 8.54. The lowest BCUT2D eigenvalue weighted by molar-refractivity contribution is 0.0951. The number of hydrogen-bond donors (Lipinski definition) is 2. The SMILES string of the molecule is CC(C)NS(=O)(=O)c1ccc(C(=O)NCc2ccccc2-c2ccc(Cn3cccn3)cc2)cc1. The third-order valence-electron chi connectivity index (χ3n) is 5.44. The lowest BCUT2D eigenvalue weighted by Crippen LogP contribution is -2.30. The quantitative estimate of drug-likeness (QED) is 0.369. The second kappa shape index (κ2) is 10.7. The Bertz CT molecular complexity index is 1380. The Labute approximate surface area is 205 Å². The van der Waals surface area contributed by atoms with Crippen molar-refractivity contribution in [2.24, 2.45) is 0 Å². The minimum atomic E-state index is -3.60.